The van der Waals surface area contributed by atoms with Gasteiger partial charge in [-0.05, 0) is 121 Å². The molecule has 0 amide bonds. The molecule has 0 aliphatic heterocycles. The second-order valence-corrected chi connectivity index (χ2v) is 16.5. The maximum atomic E-state index is 5.73. The number of hydrogen-bond donors (Lipinski definition) is 0. The highest BCUT2D eigenvalue weighted by Gasteiger charge is 2.20. The molecule has 0 atom stereocenters. The van der Waals surface area contributed by atoms with Gasteiger partial charge in [-0.15, -0.1) is 0 Å². The first-order valence-corrected chi connectivity index (χ1v) is 23.8. The molecule has 0 spiro atoms. The van der Waals surface area contributed by atoms with Crippen molar-refractivity contribution in [1.29, 1.82) is 0 Å². The smallest absolute Gasteiger partial charge is 0.135 e. The van der Waals surface area contributed by atoms with Crippen LogP contribution in [0.1, 0.15) is 62.1 Å². The zero-order valence-electron chi connectivity index (χ0n) is 39.9. The van der Waals surface area contributed by atoms with Gasteiger partial charge in [-0.1, -0.05) is 191 Å². The van der Waals surface area contributed by atoms with Gasteiger partial charge >= 0.3 is 0 Å². The number of nitrogens with zero attached hydrogens (tertiary/aromatic N) is 2. The Morgan fingerprint density at radius 3 is 1.96 bits per heavy atom. The first kappa shape index (κ1) is 45.8. The lowest BCUT2D eigenvalue weighted by atomic mass is 9.95. The number of para-hydroxylation sites is 1. The molecule has 8 aromatic carbocycles. The van der Waals surface area contributed by atoms with Gasteiger partial charge in [0.25, 0.3) is 0 Å². The van der Waals surface area contributed by atoms with Crippen molar-refractivity contribution in [3.63, 3.8) is 0 Å². The molecule has 3 aromatic heterocycles. The van der Waals surface area contributed by atoms with Gasteiger partial charge in [0.05, 0.1) is 11.2 Å². The number of rotatable bonds is 4. The van der Waals surface area contributed by atoms with Crippen LogP contribution in [0.5, 0.6) is 0 Å². The van der Waals surface area contributed by atoms with Crippen molar-refractivity contribution in [1.82, 2.24) is 9.55 Å². The first-order valence-electron chi connectivity index (χ1n) is 23.8. The van der Waals surface area contributed by atoms with Crippen LogP contribution in [0.25, 0.3) is 88.8 Å². The Hall–Kier alpha value is -7.75. The van der Waals surface area contributed by atoms with Crippen molar-refractivity contribution in [2.24, 2.45) is 0 Å². The predicted molar refractivity (Wildman–Crippen MR) is 289 cm³/mol. The van der Waals surface area contributed by atoms with Crippen LogP contribution in [0.4, 0.5) is 0 Å². The quantitative estimate of drug-likeness (QED) is 0.176. The maximum Gasteiger partial charge on any atom is 0.135 e. The van der Waals surface area contributed by atoms with Crippen LogP contribution in [0, 0.1) is 20.8 Å². The van der Waals surface area contributed by atoms with E-state index < -0.39 is 0 Å². The molecule has 1 aliphatic carbocycles. The molecule has 67 heavy (non-hydrogen) atoms. The Balaban J connectivity index is 0.000000160. The number of pyridine rings is 1. The van der Waals surface area contributed by atoms with E-state index >= 15 is 0 Å². The Bertz CT molecular complexity index is 3420. The molecule has 0 bridgehead atoms. The third-order valence-electron chi connectivity index (χ3n) is 12.2. The lowest BCUT2D eigenvalue weighted by Crippen LogP contribution is -2.03. The van der Waals surface area contributed by atoms with E-state index in [1.165, 1.54) is 99.5 Å². The molecular weight excluding hydrogens is 813 g/mol. The van der Waals surface area contributed by atoms with Crippen molar-refractivity contribution in [2.75, 3.05) is 0 Å². The molecule has 0 unspecified atom stereocenters. The van der Waals surface area contributed by atoms with Gasteiger partial charge in [-0.3, -0.25) is 4.98 Å². The van der Waals surface area contributed by atoms with Crippen molar-refractivity contribution in [3.05, 3.63) is 234 Å². The fraction of sp³-hybridized carbons (Fsp3) is 0.141. The van der Waals surface area contributed by atoms with Gasteiger partial charge < -0.3 is 8.98 Å². The van der Waals surface area contributed by atoms with Gasteiger partial charge in [0, 0.05) is 50.6 Å². The molecule has 1 aliphatic rings. The van der Waals surface area contributed by atoms with Crippen molar-refractivity contribution in [3.8, 4) is 39.1 Å². The Morgan fingerprint density at radius 2 is 1.13 bits per heavy atom. The normalized spacial score (nSPS) is 11.3. The summed E-state index contributed by atoms with van der Waals surface area (Å²) in [6.07, 6.45) is 10.6. The molecule has 12 rings (SSSR count). The number of aryl methyl sites for hydroxylation is 3. The molecule has 0 radical (unpaired) electrons. The third-order valence-corrected chi connectivity index (χ3v) is 12.2. The number of hydrogen-bond acceptors (Lipinski definition) is 2. The summed E-state index contributed by atoms with van der Waals surface area (Å²) >= 11 is 0. The first-order chi connectivity index (χ1) is 33.0. The van der Waals surface area contributed by atoms with E-state index in [1.54, 1.807) is 0 Å². The number of aromatic nitrogens is 2. The molecule has 0 saturated carbocycles. The second kappa shape index (κ2) is 21.5. The van der Waals surface area contributed by atoms with Crippen LogP contribution < -0.4 is 0 Å². The molecule has 0 fully saturated rings. The monoisotopic (exact) mass is 872 g/mol. The van der Waals surface area contributed by atoms with Crippen molar-refractivity contribution >= 4 is 49.7 Å². The summed E-state index contributed by atoms with van der Waals surface area (Å²) in [5.41, 5.74) is 18.6. The van der Waals surface area contributed by atoms with Crippen molar-refractivity contribution < 1.29 is 4.42 Å². The van der Waals surface area contributed by atoms with E-state index in [1.807, 2.05) is 64.4 Å². The molecule has 332 valence electrons. The minimum atomic E-state index is 0.966. The fourth-order valence-corrected chi connectivity index (χ4v) is 8.95. The van der Waals surface area contributed by atoms with Crippen LogP contribution in [0.15, 0.2) is 211 Å². The predicted octanol–water partition coefficient (Wildman–Crippen LogP) is 18.4. The van der Waals surface area contributed by atoms with Gasteiger partial charge in [0.1, 0.15) is 11.2 Å². The van der Waals surface area contributed by atoms with E-state index in [0.717, 1.165) is 24.0 Å². The number of benzene rings is 8. The molecule has 11 aromatic rings. The van der Waals surface area contributed by atoms with Crippen LogP contribution in [-0.2, 0) is 6.42 Å². The fourth-order valence-electron chi connectivity index (χ4n) is 8.95. The van der Waals surface area contributed by atoms with E-state index in [-0.39, 0.29) is 0 Å². The van der Waals surface area contributed by atoms with Crippen molar-refractivity contribution in [2.45, 2.75) is 61.3 Å². The summed E-state index contributed by atoms with van der Waals surface area (Å²) in [5, 5.41) is 6.11. The van der Waals surface area contributed by atoms with Gasteiger partial charge in [-0.2, -0.15) is 0 Å². The summed E-state index contributed by atoms with van der Waals surface area (Å²) < 4.78 is 8.21. The van der Waals surface area contributed by atoms with E-state index in [0.29, 0.717) is 0 Å². The topological polar surface area (TPSA) is 31.0 Å². The Kier molecular flexibility index (Phi) is 14.7. The maximum absolute atomic E-state index is 5.73. The average molecular weight is 873 g/mol. The van der Waals surface area contributed by atoms with Crippen LogP contribution in [0.3, 0.4) is 0 Å². The third kappa shape index (κ3) is 9.93. The SMILES string of the molecule is CC.CC.Cc1ccc(-c2ccccc2)cc1.Cc1ccc2c(c1)oc1ccccc12.Cc1ccccc1-c1cccc(-c2ccc3c(c2)c2c(n3-c3cccc4cnccc34)CCC=C2)c1. The molecule has 3 nitrogen and oxygen atoms in total. The summed E-state index contributed by atoms with van der Waals surface area (Å²) in [4.78, 5) is 4.34. The molecule has 3 heteroatoms. The summed E-state index contributed by atoms with van der Waals surface area (Å²) in [5.74, 6) is 0. The average Bonchev–Trinajstić information content (AvgIpc) is 3.93. The van der Waals surface area contributed by atoms with E-state index in [2.05, 4.69) is 206 Å². The summed E-state index contributed by atoms with van der Waals surface area (Å²) in [7, 11) is 0. The van der Waals surface area contributed by atoms with Gasteiger partial charge in [-0.25, -0.2) is 0 Å². The number of allylic oxidation sites excluding steroid dienone is 1. The molecule has 3 heterocycles. The summed E-state index contributed by atoms with van der Waals surface area (Å²) in [6, 6.07) is 66.6. The Labute approximate surface area is 396 Å². The highest BCUT2D eigenvalue weighted by atomic mass is 16.3. The molecule has 0 N–H and O–H groups in total. The lowest BCUT2D eigenvalue weighted by Gasteiger charge is -2.15. The second-order valence-electron chi connectivity index (χ2n) is 16.5. The van der Waals surface area contributed by atoms with Crippen LogP contribution >= 0.6 is 0 Å². The zero-order chi connectivity index (χ0) is 46.7. The minimum Gasteiger partial charge on any atom is -0.456 e. The lowest BCUT2D eigenvalue weighted by molar-refractivity contribution is 0.668. The van der Waals surface area contributed by atoms with Crippen LogP contribution in [-0.4, -0.2) is 9.55 Å². The standard InChI is InChI=1S/C34H26N2.C13H10O.C13H12.2C2H6/c1-23-8-2-3-12-28(23)26-10-6-9-24(20-26)25-16-17-34-31(21-25)30-13-4-5-14-33(30)36(34)32-15-7-11-27-22-35-19-18-29(27)32;1-9-6-7-11-10-4-2-3-5-12(10)14-13(11)8-9;1-11-7-9-13(10-8-11)12-5-3-2-4-6-12;2*1-2/h2-4,6-13,15-22H,5,14H2,1H3;2-8H,1H3;2-10H,1H3;2*1-2H3. The van der Waals surface area contributed by atoms with Gasteiger partial charge in [0.15, 0.2) is 0 Å². The molecule has 0 saturated heterocycles. The largest absolute Gasteiger partial charge is 0.456 e. The van der Waals surface area contributed by atoms with Crippen LogP contribution in [0.2, 0.25) is 0 Å². The molecular formula is C64H60N2O. The summed E-state index contributed by atoms with van der Waals surface area (Å²) in [6.45, 7) is 14.4. The van der Waals surface area contributed by atoms with E-state index in [4.69, 9.17) is 4.42 Å². The highest BCUT2D eigenvalue weighted by molar-refractivity contribution is 6.05. The number of fused-ring (bicyclic) bond motifs is 7. The van der Waals surface area contributed by atoms with E-state index in [9.17, 15) is 0 Å². The minimum absolute atomic E-state index is 0.966. The van der Waals surface area contributed by atoms with Gasteiger partial charge in [0.2, 0.25) is 0 Å². The Morgan fingerprint density at radius 1 is 0.478 bits per heavy atom. The zero-order valence-corrected chi connectivity index (χ0v) is 39.9. The number of furan rings is 1. The highest BCUT2D eigenvalue weighted by Crippen LogP contribution is 2.39.